The first kappa shape index (κ1) is 14.8. The quantitative estimate of drug-likeness (QED) is 0.885. The SMILES string of the molecule is CC(C)c1ccoc1C(=O)NCc1ccc(C(=O)O)cc1. The monoisotopic (exact) mass is 287 g/mol. The molecule has 0 unspecified atom stereocenters. The van der Waals surface area contributed by atoms with Crippen LogP contribution in [0.15, 0.2) is 41.0 Å². The Morgan fingerprint density at radius 1 is 1.19 bits per heavy atom. The van der Waals surface area contributed by atoms with Gasteiger partial charge in [-0.2, -0.15) is 0 Å². The number of nitrogens with one attached hydrogen (secondary N) is 1. The molecule has 0 fully saturated rings. The van der Waals surface area contributed by atoms with Crippen molar-refractivity contribution < 1.29 is 19.1 Å². The summed E-state index contributed by atoms with van der Waals surface area (Å²) in [5.41, 5.74) is 1.91. The number of rotatable bonds is 5. The highest BCUT2D eigenvalue weighted by molar-refractivity contribution is 5.93. The second-order valence-corrected chi connectivity index (χ2v) is 5.04. The summed E-state index contributed by atoms with van der Waals surface area (Å²) in [6.07, 6.45) is 1.51. The number of furan rings is 1. The average Bonchev–Trinajstić information content (AvgIpc) is 2.95. The summed E-state index contributed by atoms with van der Waals surface area (Å²) in [5, 5.41) is 11.6. The lowest BCUT2D eigenvalue weighted by Gasteiger charge is -2.07. The van der Waals surface area contributed by atoms with Crippen LogP contribution in [0.2, 0.25) is 0 Å². The largest absolute Gasteiger partial charge is 0.478 e. The number of aromatic carboxylic acids is 1. The summed E-state index contributed by atoms with van der Waals surface area (Å²) in [6, 6.07) is 8.16. The molecular formula is C16H17NO4. The highest BCUT2D eigenvalue weighted by Gasteiger charge is 2.17. The minimum Gasteiger partial charge on any atom is -0.478 e. The smallest absolute Gasteiger partial charge is 0.335 e. The maximum absolute atomic E-state index is 12.1. The molecule has 2 aromatic rings. The summed E-state index contributed by atoms with van der Waals surface area (Å²) in [7, 11) is 0. The minimum atomic E-state index is -0.970. The van der Waals surface area contributed by atoms with Gasteiger partial charge in [0.2, 0.25) is 0 Å². The predicted octanol–water partition coefficient (Wildman–Crippen LogP) is 3.03. The van der Waals surface area contributed by atoms with Crippen LogP contribution in [-0.2, 0) is 6.54 Å². The van der Waals surface area contributed by atoms with E-state index in [2.05, 4.69) is 5.32 Å². The van der Waals surface area contributed by atoms with Crippen molar-refractivity contribution in [2.45, 2.75) is 26.3 Å². The van der Waals surface area contributed by atoms with E-state index < -0.39 is 5.97 Å². The van der Waals surface area contributed by atoms with Gasteiger partial charge in [-0.05, 0) is 29.7 Å². The maximum Gasteiger partial charge on any atom is 0.335 e. The number of benzene rings is 1. The average molecular weight is 287 g/mol. The fourth-order valence-corrected chi connectivity index (χ4v) is 1.99. The van der Waals surface area contributed by atoms with E-state index in [0.29, 0.717) is 12.3 Å². The summed E-state index contributed by atoms with van der Waals surface area (Å²) in [5.74, 6) is -0.708. The van der Waals surface area contributed by atoms with E-state index in [1.54, 1.807) is 18.2 Å². The lowest BCUT2D eigenvalue weighted by molar-refractivity contribution is 0.0696. The molecule has 110 valence electrons. The summed E-state index contributed by atoms with van der Waals surface area (Å²) in [4.78, 5) is 22.8. The second-order valence-electron chi connectivity index (χ2n) is 5.04. The van der Waals surface area contributed by atoms with Crippen molar-refractivity contribution in [3.63, 3.8) is 0 Å². The molecule has 1 amide bonds. The lowest BCUT2D eigenvalue weighted by Crippen LogP contribution is -2.23. The molecule has 0 aliphatic heterocycles. The minimum absolute atomic E-state index is 0.208. The molecule has 5 heteroatoms. The van der Waals surface area contributed by atoms with Gasteiger partial charge in [0, 0.05) is 12.1 Å². The molecule has 2 rings (SSSR count). The van der Waals surface area contributed by atoms with Gasteiger partial charge in [0.15, 0.2) is 5.76 Å². The molecule has 0 aliphatic carbocycles. The Balaban J connectivity index is 2.00. The summed E-state index contributed by atoms with van der Waals surface area (Å²) >= 11 is 0. The fourth-order valence-electron chi connectivity index (χ4n) is 1.99. The van der Waals surface area contributed by atoms with Gasteiger partial charge in [-0.25, -0.2) is 4.79 Å². The molecule has 2 N–H and O–H groups in total. The molecule has 0 radical (unpaired) electrons. The van der Waals surface area contributed by atoms with Gasteiger partial charge < -0.3 is 14.8 Å². The zero-order chi connectivity index (χ0) is 15.4. The van der Waals surface area contributed by atoms with E-state index >= 15 is 0 Å². The topological polar surface area (TPSA) is 79.5 Å². The molecule has 0 aliphatic rings. The van der Waals surface area contributed by atoms with E-state index in [0.717, 1.165) is 11.1 Å². The Morgan fingerprint density at radius 2 is 1.86 bits per heavy atom. The van der Waals surface area contributed by atoms with Gasteiger partial charge in [-0.15, -0.1) is 0 Å². The highest BCUT2D eigenvalue weighted by Crippen LogP contribution is 2.20. The van der Waals surface area contributed by atoms with E-state index in [4.69, 9.17) is 9.52 Å². The van der Waals surface area contributed by atoms with Gasteiger partial charge in [0.1, 0.15) is 0 Å². The van der Waals surface area contributed by atoms with Crippen LogP contribution in [0.5, 0.6) is 0 Å². The first-order chi connectivity index (χ1) is 9.99. The standard InChI is InChI=1S/C16H17NO4/c1-10(2)13-7-8-21-14(13)15(18)17-9-11-3-5-12(6-4-11)16(19)20/h3-8,10H,9H2,1-2H3,(H,17,18)(H,19,20). The zero-order valence-electron chi connectivity index (χ0n) is 11.9. The molecule has 1 aromatic carbocycles. The van der Waals surface area contributed by atoms with Crippen LogP contribution in [0, 0.1) is 0 Å². The van der Waals surface area contributed by atoms with Gasteiger partial charge in [0.05, 0.1) is 11.8 Å². The maximum atomic E-state index is 12.1. The van der Waals surface area contributed by atoms with E-state index in [9.17, 15) is 9.59 Å². The summed E-state index contributed by atoms with van der Waals surface area (Å²) < 4.78 is 5.24. The number of hydrogen-bond acceptors (Lipinski definition) is 3. The van der Waals surface area contributed by atoms with Crippen molar-refractivity contribution in [3.05, 3.63) is 59.0 Å². The highest BCUT2D eigenvalue weighted by atomic mass is 16.4. The third kappa shape index (κ3) is 3.51. The molecule has 5 nitrogen and oxygen atoms in total. The van der Waals surface area contributed by atoms with Gasteiger partial charge in [-0.1, -0.05) is 26.0 Å². The molecule has 1 aromatic heterocycles. The van der Waals surface area contributed by atoms with Crippen LogP contribution in [0.4, 0.5) is 0 Å². The zero-order valence-corrected chi connectivity index (χ0v) is 11.9. The third-order valence-electron chi connectivity index (χ3n) is 3.18. The van der Waals surface area contributed by atoms with E-state index in [1.165, 1.54) is 18.4 Å². The van der Waals surface area contributed by atoms with Crippen molar-refractivity contribution in [2.75, 3.05) is 0 Å². The van der Waals surface area contributed by atoms with Crippen LogP contribution in [0.3, 0.4) is 0 Å². The normalized spacial score (nSPS) is 10.6. The molecule has 0 saturated carbocycles. The first-order valence-corrected chi connectivity index (χ1v) is 6.67. The van der Waals surface area contributed by atoms with Crippen molar-refractivity contribution in [1.82, 2.24) is 5.32 Å². The van der Waals surface area contributed by atoms with E-state index in [-0.39, 0.29) is 17.4 Å². The van der Waals surface area contributed by atoms with Crippen molar-refractivity contribution in [2.24, 2.45) is 0 Å². The van der Waals surface area contributed by atoms with Crippen LogP contribution < -0.4 is 5.32 Å². The first-order valence-electron chi connectivity index (χ1n) is 6.67. The number of carbonyl (C=O) groups is 2. The number of carboxylic acid groups (broad SMARTS) is 1. The Kier molecular flexibility index (Phi) is 4.42. The van der Waals surface area contributed by atoms with Crippen LogP contribution in [0.1, 0.15) is 51.8 Å². The van der Waals surface area contributed by atoms with Crippen molar-refractivity contribution >= 4 is 11.9 Å². The number of carboxylic acids is 1. The Bertz CT molecular complexity index is 641. The molecule has 0 atom stereocenters. The molecule has 21 heavy (non-hydrogen) atoms. The molecule has 0 spiro atoms. The van der Waals surface area contributed by atoms with Crippen LogP contribution >= 0.6 is 0 Å². The van der Waals surface area contributed by atoms with Gasteiger partial charge in [-0.3, -0.25) is 4.79 Å². The predicted molar refractivity (Wildman–Crippen MR) is 77.4 cm³/mol. The Morgan fingerprint density at radius 3 is 2.43 bits per heavy atom. The second kappa shape index (κ2) is 6.26. The molecule has 0 saturated heterocycles. The molecular weight excluding hydrogens is 270 g/mol. The van der Waals surface area contributed by atoms with Crippen molar-refractivity contribution in [1.29, 1.82) is 0 Å². The lowest BCUT2D eigenvalue weighted by atomic mass is 10.0. The third-order valence-corrected chi connectivity index (χ3v) is 3.18. The summed E-state index contributed by atoms with van der Waals surface area (Å²) in [6.45, 7) is 4.30. The molecule has 0 bridgehead atoms. The van der Waals surface area contributed by atoms with Crippen LogP contribution in [-0.4, -0.2) is 17.0 Å². The van der Waals surface area contributed by atoms with Crippen LogP contribution in [0.25, 0.3) is 0 Å². The Hall–Kier alpha value is -2.56. The fraction of sp³-hybridized carbons (Fsp3) is 0.250. The van der Waals surface area contributed by atoms with Gasteiger partial charge >= 0.3 is 5.97 Å². The van der Waals surface area contributed by atoms with E-state index in [1.807, 2.05) is 13.8 Å². The number of carbonyl (C=O) groups excluding carboxylic acids is 1. The van der Waals surface area contributed by atoms with Gasteiger partial charge in [0.25, 0.3) is 5.91 Å². The Labute approximate surface area is 122 Å². The van der Waals surface area contributed by atoms with Crippen molar-refractivity contribution in [3.8, 4) is 0 Å². The number of amides is 1. The number of hydrogen-bond donors (Lipinski definition) is 2. The molecule has 1 heterocycles.